The molecule has 2 aliphatic rings. The number of benzene rings is 1. The predicted octanol–water partition coefficient (Wildman–Crippen LogP) is 3.39. The molecule has 1 aromatic heterocycles. The molecule has 2 aliphatic heterocycles. The lowest BCUT2D eigenvalue weighted by Crippen LogP contribution is -2.33. The Labute approximate surface area is 151 Å². The van der Waals surface area contributed by atoms with E-state index in [1.54, 1.807) is 31.6 Å². The Hall–Kier alpha value is -2.57. The second-order valence-corrected chi connectivity index (χ2v) is 6.50. The molecule has 0 saturated heterocycles. The molecule has 0 amide bonds. The molecule has 6 nitrogen and oxygen atoms in total. The van der Waals surface area contributed by atoms with Crippen LogP contribution < -0.4 is 9.47 Å². The Balaban J connectivity index is 1.64. The standard InChI is InChI=1S/C20H21NO5/c1-13-9-16-15(11-21(12-25-16)6-4-7-23-2)20-18(13)19(22)17(26-20)10-14-5-3-8-24-14/h3,5,8-10H,4,6-7,11-12H2,1-2H3/b17-10-. The van der Waals surface area contributed by atoms with E-state index in [4.69, 9.17) is 18.6 Å². The third-order valence-corrected chi connectivity index (χ3v) is 4.63. The lowest BCUT2D eigenvalue weighted by atomic mass is 9.99. The first kappa shape index (κ1) is 16.9. The number of methoxy groups -OCH3 is 1. The van der Waals surface area contributed by atoms with Crippen LogP contribution in [0.5, 0.6) is 11.5 Å². The maximum atomic E-state index is 12.8. The van der Waals surface area contributed by atoms with Gasteiger partial charge in [0.05, 0.1) is 17.4 Å². The lowest BCUT2D eigenvalue weighted by Gasteiger charge is -2.30. The lowest BCUT2D eigenvalue weighted by molar-refractivity contribution is 0.0822. The van der Waals surface area contributed by atoms with Gasteiger partial charge in [-0.15, -0.1) is 0 Å². The molecule has 0 N–H and O–H groups in total. The van der Waals surface area contributed by atoms with Crippen LogP contribution in [0, 0.1) is 6.92 Å². The number of nitrogens with zero attached hydrogens (tertiary/aromatic N) is 1. The number of carbonyl (C=O) groups is 1. The summed E-state index contributed by atoms with van der Waals surface area (Å²) in [6.45, 7) is 4.69. The van der Waals surface area contributed by atoms with Gasteiger partial charge in [0.2, 0.25) is 5.78 Å². The van der Waals surface area contributed by atoms with E-state index >= 15 is 0 Å². The van der Waals surface area contributed by atoms with E-state index in [0.717, 1.165) is 29.8 Å². The number of hydrogen-bond donors (Lipinski definition) is 0. The minimum atomic E-state index is -0.117. The highest BCUT2D eigenvalue weighted by Crippen LogP contribution is 2.44. The number of carbonyl (C=O) groups excluding carboxylic acids is 1. The van der Waals surface area contributed by atoms with E-state index in [-0.39, 0.29) is 11.5 Å². The first-order valence-electron chi connectivity index (χ1n) is 8.65. The molecule has 0 bridgehead atoms. The van der Waals surface area contributed by atoms with Crippen molar-refractivity contribution < 1.29 is 23.4 Å². The summed E-state index contributed by atoms with van der Waals surface area (Å²) in [6, 6.07) is 5.49. The highest BCUT2D eigenvalue weighted by atomic mass is 16.5. The van der Waals surface area contributed by atoms with Gasteiger partial charge in [0.1, 0.15) is 24.0 Å². The molecule has 2 aromatic rings. The van der Waals surface area contributed by atoms with E-state index in [2.05, 4.69) is 4.90 Å². The Kier molecular flexibility index (Phi) is 4.53. The topological polar surface area (TPSA) is 61.1 Å². The molecular weight excluding hydrogens is 334 g/mol. The number of ether oxygens (including phenoxy) is 3. The molecular formula is C20H21NO5. The second kappa shape index (κ2) is 6.97. The Morgan fingerprint density at radius 1 is 1.38 bits per heavy atom. The number of rotatable bonds is 5. The van der Waals surface area contributed by atoms with Gasteiger partial charge in [0.25, 0.3) is 0 Å². The SMILES string of the molecule is COCCCN1COc2cc(C)c3c(c2C1)O/C(=C\c1ccco1)C3=O. The average Bonchev–Trinajstić information content (AvgIpc) is 3.25. The van der Waals surface area contributed by atoms with E-state index in [9.17, 15) is 4.79 Å². The van der Waals surface area contributed by atoms with Crippen molar-refractivity contribution in [1.82, 2.24) is 4.90 Å². The monoisotopic (exact) mass is 355 g/mol. The van der Waals surface area contributed by atoms with Crippen LogP contribution in [0.15, 0.2) is 34.6 Å². The van der Waals surface area contributed by atoms with Crippen molar-refractivity contribution in [2.45, 2.75) is 19.9 Å². The van der Waals surface area contributed by atoms with Crippen LogP contribution in [0.25, 0.3) is 6.08 Å². The molecule has 6 heteroatoms. The molecule has 136 valence electrons. The number of fused-ring (bicyclic) bond motifs is 3. The van der Waals surface area contributed by atoms with Gasteiger partial charge in [0, 0.05) is 32.9 Å². The number of Topliss-reactive ketones (excluding diaryl/α,β-unsaturated/α-hetero) is 1. The molecule has 0 atom stereocenters. The summed E-state index contributed by atoms with van der Waals surface area (Å²) in [5.41, 5.74) is 2.40. The van der Waals surface area contributed by atoms with E-state index < -0.39 is 0 Å². The zero-order valence-electron chi connectivity index (χ0n) is 14.9. The van der Waals surface area contributed by atoms with Crippen LogP contribution in [0.4, 0.5) is 0 Å². The van der Waals surface area contributed by atoms with Gasteiger partial charge in [-0.1, -0.05) is 0 Å². The van der Waals surface area contributed by atoms with Crippen LogP contribution >= 0.6 is 0 Å². The third-order valence-electron chi connectivity index (χ3n) is 4.63. The van der Waals surface area contributed by atoms with Crippen molar-refractivity contribution in [2.24, 2.45) is 0 Å². The van der Waals surface area contributed by atoms with Crippen LogP contribution in [0.1, 0.15) is 33.7 Å². The summed E-state index contributed by atoms with van der Waals surface area (Å²) in [4.78, 5) is 15.0. The van der Waals surface area contributed by atoms with Gasteiger partial charge in [0.15, 0.2) is 5.76 Å². The van der Waals surface area contributed by atoms with Gasteiger partial charge in [-0.3, -0.25) is 9.69 Å². The summed E-state index contributed by atoms with van der Waals surface area (Å²) in [5.74, 6) is 2.15. The number of furan rings is 1. The van der Waals surface area contributed by atoms with Crippen molar-refractivity contribution in [3.05, 3.63) is 52.7 Å². The molecule has 0 spiro atoms. The van der Waals surface area contributed by atoms with E-state index in [1.165, 1.54) is 0 Å². The summed E-state index contributed by atoms with van der Waals surface area (Å²) in [5, 5.41) is 0. The largest absolute Gasteiger partial charge is 0.478 e. The molecule has 0 unspecified atom stereocenters. The number of aryl methyl sites for hydroxylation is 1. The van der Waals surface area contributed by atoms with Crippen LogP contribution in [-0.2, 0) is 11.3 Å². The molecule has 0 saturated carbocycles. The fraction of sp³-hybridized carbons (Fsp3) is 0.350. The van der Waals surface area contributed by atoms with E-state index in [0.29, 0.717) is 37.0 Å². The molecule has 0 fully saturated rings. The van der Waals surface area contributed by atoms with Crippen molar-refractivity contribution in [3.8, 4) is 11.5 Å². The van der Waals surface area contributed by atoms with Gasteiger partial charge < -0.3 is 18.6 Å². The first-order valence-corrected chi connectivity index (χ1v) is 8.65. The van der Waals surface area contributed by atoms with Gasteiger partial charge in [-0.05, 0) is 37.1 Å². The van der Waals surface area contributed by atoms with Gasteiger partial charge in [-0.25, -0.2) is 0 Å². The first-order chi connectivity index (χ1) is 12.7. The zero-order chi connectivity index (χ0) is 18.1. The minimum Gasteiger partial charge on any atom is -0.478 e. The van der Waals surface area contributed by atoms with Crippen molar-refractivity contribution in [3.63, 3.8) is 0 Å². The number of allylic oxidation sites excluding steroid dienone is 1. The third kappa shape index (κ3) is 3.02. The minimum absolute atomic E-state index is 0.117. The fourth-order valence-corrected chi connectivity index (χ4v) is 3.35. The second-order valence-electron chi connectivity index (χ2n) is 6.50. The molecule has 3 heterocycles. The molecule has 4 rings (SSSR count). The normalized spacial score (nSPS) is 17.8. The molecule has 0 radical (unpaired) electrons. The van der Waals surface area contributed by atoms with E-state index in [1.807, 2.05) is 13.0 Å². The van der Waals surface area contributed by atoms with Crippen LogP contribution in [0.3, 0.4) is 0 Å². The fourth-order valence-electron chi connectivity index (χ4n) is 3.35. The summed E-state index contributed by atoms with van der Waals surface area (Å²) in [6.07, 6.45) is 4.12. The smallest absolute Gasteiger partial charge is 0.232 e. The predicted molar refractivity (Wildman–Crippen MR) is 95.2 cm³/mol. The molecule has 0 aliphatic carbocycles. The highest BCUT2D eigenvalue weighted by molar-refractivity contribution is 6.15. The summed E-state index contributed by atoms with van der Waals surface area (Å²) < 4.78 is 22.3. The number of hydrogen-bond acceptors (Lipinski definition) is 6. The van der Waals surface area contributed by atoms with Crippen molar-refractivity contribution >= 4 is 11.9 Å². The molecule has 1 aromatic carbocycles. The van der Waals surface area contributed by atoms with Crippen molar-refractivity contribution in [2.75, 3.05) is 27.0 Å². The van der Waals surface area contributed by atoms with Gasteiger partial charge in [-0.2, -0.15) is 0 Å². The Morgan fingerprint density at radius 2 is 2.27 bits per heavy atom. The quantitative estimate of drug-likeness (QED) is 0.605. The summed E-state index contributed by atoms with van der Waals surface area (Å²) >= 11 is 0. The number of ketones is 1. The van der Waals surface area contributed by atoms with Gasteiger partial charge >= 0.3 is 0 Å². The molecule has 26 heavy (non-hydrogen) atoms. The average molecular weight is 355 g/mol. The van der Waals surface area contributed by atoms with Crippen LogP contribution in [-0.4, -0.2) is 37.7 Å². The van der Waals surface area contributed by atoms with Crippen molar-refractivity contribution in [1.29, 1.82) is 0 Å². The maximum Gasteiger partial charge on any atom is 0.232 e. The Bertz CT molecular complexity index is 854. The summed E-state index contributed by atoms with van der Waals surface area (Å²) in [7, 11) is 1.70. The highest BCUT2D eigenvalue weighted by Gasteiger charge is 2.35. The van der Waals surface area contributed by atoms with Crippen LogP contribution in [0.2, 0.25) is 0 Å². The zero-order valence-corrected chi connectivity index (χ0v) is 14.9. The Morgan fingerprint density at radius 3 is 3.04 bits per heavy atom. The maximum absolute atomic E-state index is 12.8.